The van der Waals surface area contributed by atoms with Crippen LogP contribution in [0.3, 0.4) is 0 Å². The SMILES string of the molecule is CC(=O)c1ccc(NC(=O)CCc2ccc(C)o2)nc1. The van der Waals surface area contributed by atoms with Gasteiger partial charge in [0.1, 0.15) is 17.3 Å². The first-order valence-corrected chi connectivity index (χ1v) is 6.37. The number of carbonyl (C=O) groups excluding carboxylic acids is 2. The molecule has 104 valence electrons. The van der Waals surface area contributed by atoms with Gasteiger partial charge in [0, 0.05) is 24.6 Å². The van der Waals surface area contributed by atoms with Crippen molar-refractivity contribution in [3.63, 3.8) is 0 Å². The van der Waals surface area contributed by atoms with Crippen molar-refractivity contribution in [3.05, 3.63) is 47.5 Å². The Morgan fingerprint density at radius 2 is 2.05 bits per heavy atom. The average molecular weight is 272 g/mol. The second-order valence-electron chi connectivity index (χ2n) is 4.55. The maximum absolute atomic E-state index is 11.8. The summed E-state index contributed by atoms with van der Waals surface area (Å²) in [6.07, 6.45) is 2.32. The van der Waals surface area contributed by atoms with Crippen LogP contribution in [-0.2, 0) is 11.2 Å². The highest BCUT2D eigenvalue weighted by atomic mass is 16.3. The Labute approximate surface area is 117 Å². The van der Waals surface area contributed by atoms with Gasteiger partial charge in [-0.15, -0.1) is 0 Å². The number of amides is 1. The minimum atomic E-state index is -0.137. The van der Waals surface area contributed by atoms with E-state index in [2.05, 4.69) is 10.3 Å². The number of hydrogen-bond donors (Lipinski definition) is 1. The third kappa shape index (κ3) is 3.78. The Kier molecular flexibility index (Phi) is 4.30. The van der Waals surface area contributed by atoms with Gasteiger partial charge in [0.05, 0.1) is 0 Å². The Bertz CT molecular complexity index is 614. The molecule has 0 radical (unpaired) electrons. The zero-order valence-corrected chi connectivity index (χ0v) is 11.5. The zero-order valence-electron chi connectivity index (χ0n) is 11.5. The predicted octanol–water partition coefficient (Wildman–Crippen LogP) is 2.76. The molecule has 2 heterocycles. The predicted molar refractivity (Wildman–Crippen MR) is 74.6 cm³/mol. The summed E-state index contributed by atoms with van der Waals surface area (Å²) in [5.41, 5.74) is 0.522. The number of hydrogen-bond acceptors (Lipinski definition) is 4. The molecule has 20 heavy (non-hydrogen) atoms. The number of pyridine rings is 1. The Balaban J connectivity index is 1.86. The normalized spacial score (nSPS) is 10.3. The second kappa shape index (κ2) is 6.14. The van der Waals surface area contributed by atoms with Crippen LogP contribution >= 0.6 is 0 Å². The minimum absolute atomic E-state index is 0.0523. The number of anilines is 1. The molecule has 5 heteroatoms. The van der Waals surface area contributed by atoms with Crippen molar-refractivity contribution in [1.82, 2.24) is 4.98 Å². The van der Waals surface area contributed by atoms with Crippen molar-refractivity contribution in [2.75, 3.05) is 5.32 Å². The number of rotatable bonds is 5. The first-order valence-electron chi connectivity index (χ1n) is 6.37. The van der Waals surface area contributed by atoms with E-state index >= 15 is 0 Å². The fourth-order valence-electron chi connectivity index (χ4n) is 1.74. The summed E-state index contributed by atoms with van der Waals surface area (Å²) >= 11 is 0. The van der Waals surface area contributed by atoms with Gasteiger partial charge in [-0.05, 0) is 38.1 Å². The van der Waals surface area contributed by atoms with E-state index in [1.54, 1.807) is 12.1 Å². The number of Topliss-reactive ketones (excluding diaryl/α,β-unsaturated/α-hetero) is 1. The molecule has 0 fully saturated rings. The summed E-state index contributed by atoms with van der Waals surface area (Å²) in [5, 5.41) is 2.68. The fraction of sp³-hybridized carbons (Fsp3) is 0.267. The van der Waals surface area contributed by atoms with Crippen LogP contribution in [0, 0.1) is 6.92 Å². The minimum Gasteiger partial charge on any atom is -0.466 e. The smallest absolute Gasteiger partial charge is 0.225 e. The van der Waals surface area contributed by atoms with Crippen LogP contribution in [0.1, 0.15) is 35.2 Å². The van der Waals surface area contributed by atoms with Gasteiger partial charge in [-0.2, -0.15) is 0 Å². The van der Waals surface area contributed by atoms with Crippen LogP contribution in [-0.4, -0.2) is 16.7 Å². The molecule has 0 bridgehead atoms. The number of ketones is 1. The van der Waals surface area contributed by atoms with Gasteiger partial charge in [-0.3, -0.25) is 9.59 Å². The first kappa shape index (κ1) is 14.0. The molecule has 0 aromatic carbocycles. The molecule has 5 nitrogen and oxygen atoms in total. The van der Waals surface area contributed by atoms with E-state index < -0.39 is 0 Å². The van der Waals surface area contributed by atoms with Gasteiger partial charge in [0.15, 0.2) is 5.78 Å². The maximum Gasteiger partial charge on any atom is 0.225 e. The lowest BCUT2D eigenvalue weighted by molar-refractivity contribution is -0.116. The molecule has 2 aromatic heterocycles. The van der Waals surface area contributed by atoms with Gasteiger partial charge in [-0.1, -0.05) is 0 Å². The third-order valence-corrected chi connectivity index (χ3v) is 2.83. The maximum atomic E-state index is 11.8. The average Bonchev–Trinajstić information content (AvgIpc) is 2.83. The van der Waals surface area contributed by atoms with Crippen molar-refractivity contribution in [2.45, 2.75) is 26.7 Å². The number of furan rings is 1. The largest absolute Gasteiger partial charge is 0.466 e. The monoisotopic (exact) mass is 272 g/mol. The van der Waals surface area contributed by atoms with Crippen LogP contribution in [0.2, 0.25) is 0 Å². The van der Waals surface area contributed by atoms with E-state index in [0.717, 1.165) is 11.5 Å². The molecule has 1 N–H and O–H groups in total. The molecule has 0 aliphatic rings. The molecule has 1 amide bonds. The summed E-state index contributed by atoms with van der Waals surface area (Å²) in [4.78, 5) is 26.9. The zero-order chi connectivity index (χ0) is 14.5. The Hall–Kier alpha value is -2.43. The standard InChI is InChI=1S/C15H16N2O3/c1-10-3-5-13(20-10)6-8-15(19)17-14-7-4-12(9-16-14)11(2)18/h3-5,7,9H,6,8H2,1-2H3,(H,16,17,19). The van der Waals surface area contributed by atoms with Crippen LogP contribution < -0.4 is 5.32 Å². The fourth-order valence-corrected chi connectivity index (χ4v) is 1.74. The molecule has 0 aliphatic heterocycles. The van der Waals surface area contributed by atoms with Gasteiger partial charge in [0.25, 0.3) is 0 Å². The van der Waals surface area contributed by atoms with Crippen LogP contribution in [0.5, 0.6) is 0 Å². The summed E-state index contributed by atoms with van der Waals surface area (Å²) in [6, 6.07) is 6.99. The molecule has 2 aromatic rings. The van der Waals surface area contributed by atoms with E-state index in [1.807, 2.05) is 19.1 Å². The van der Waals surface area contributed by atoms with E-state index in [-0.39, 0.29) is 11.7 Å². The first-order chi connectivity index (χ1) is 9.54. The molecule has 0 aliphatic carbocycles. The summed E-state index contributed by atoms with van der Waals surface area (Å²) in [6.45, 7) is 3.34. The van der Waals surface area contributed by atoms with Crippen molar-refractivity contribution >= 4 is 17.5 Å². The third-order valence-electron chi connectivity index (χ3n) is 2.83. The molecule has 0 atom stereocenters. The molecular formula is C15H16N2O3. The molecule has 0 saturated carbocycles. The van der Waals surface area contributed by atoms with Crippen molar-refractivity contribution < 1.29 is 14.0 Å². The number of nitrogens with zero attached hydrogens (tertiary/aromatic N) is 1. The van der Waals surface area contributed by atoms with Crippen molar-refractivity contribution in [3.8, 4) is 0 Å². The van der Waals surface area contributed by atoms with E-state index in [4.69, 9.17) is 4.42 Å². The van der Waals surface area contributed by atoms with E-state index in [9.17, 15) is 9.59 Å². The lowest BCUT2D eigenvalue weighted by Gasteiger charge is -2.04. The number of nitrogens with one attached hydrogen (secondary N) is 1. The van der Waals surface area contributed by atoms with E-state index in [1.165, 1.54) is 13.1 Å². The number of aryl methyl sites for hydroxylation is 2. The quantitative estimate of drug-likeness (QED) is 0.849. The van der Waals surface area contributed by atoms with Gasteiger partial charge < -0.3 is 9.73 Å². The van der Waals surface area contributed by atoms with Crippen LogP contribution in [0.15, 0.2) is 34.9 Å². The highest BCUT2D eigenvalue weighted by Gasteiger charge is 2.07. The summed E-state index contributed by atoms with van der Waals surface area (Å²) in [5.74, 6) is 1.88. The highest BCUT2D eigenvalue weighted by molar-refractivity contribution is 5.94. The van der Waals surface area contributed by atoms with Gasteiger partial charge >= 0.3 is 0 Å². The Morgan fingerprint density at radius 3 is 2.60 bits per heavy atom. The highest BCUT2D eigenvalue weighted by Crippen LogP contribution is 2.10. The summed E-state index contributed by atoms with van der Waals surface area (Å²) < 4.78 is 5.39. The van der Waals surface area contributed by atoms with Gasteiger partial charge in [0.2, 0.25) is 5.91 Å². The van der Waals surface area contributed by atoms with E-state index in [0.29, 0.717) is 24.2 Å². The Morgan fingerprint density at radius 1 is 1.25 bits per heavy atom. The second-order valence-corrected chi connectivity index (χ2v) is 4.55. The lowest BCUT2D eigenvalue weighted by atomic mass is 10.2. The molecule has 0 saturated heterocycles. The number of carbonyl (C=O) groups is 2. The molecule has 2 rings (SSSR count). The van der Waals surface area contributed by atoms with Crippen LogP contribution in [0.25, 0.3) is 0 Å². The van der Waals surface area contributed by atoms with Crippen molar-refractivity contribution in [2.24, 2.45) is 0 Å². The molecule has 0 spiro atoms. The van der Waals surface area contributed by atoms with Crippen LogP contribution in [0.4, 0.5) is 5.82 Å². The molecular weight excluding hydrogens is 256 g/mol. The lowest BCUT2D eigenvalue weighted by Crippen LogP contribution is -2.13. The number of aromatic nitrogens is 1. The molecule has 0 unspecified atom stereocenters. The van der Waals surface area contributed by atoms with Crippen molar-refractivity contribution in [1.29, 1.82) is 0 Å². The topological polar surface area (TPSA) is 72.2 Å². The summed E-state index contributed by atoms with van der Waals surface area (Å²) in [7, 11) is 0. The van der Waals surface area contributed by atoms with Gasteiger partial charge in [-0.25, -0.2) is 4.98 Å².